The molecule has 0 radical (unpaired) electrons. The number of aliphatic hydroxyl groups is 1. The molecular weight excluding hydrogens is 348 g/mol. The molecular formula is C14H30N6O6. The van der Waals surface area contributed by atoms with E-state index in [0.717, 1.165) is 0 Å². The van der Waals surface area contributed by atoms with Gasteiger partial charge in [0.25, 0.3) is 0 Å². The minimum Gasteiger partial charge on any atom is -0.380 e. The van der Waals surface area contributed by atoms with Gasteiger partial charge in [-0.3, -0.25) is 9.91 Å². The monoisotopic (exact) mass is 378 g/mol. The highest BCUT2D eigenvalue weighted by Crippen LogP contribution is 2.15. The molecule has 2 N–H and O–H groups in total. The predicted octanol–water partition coefficient (Wildman–Crippen LogP) is -1.54. The second-order valence-electron chi connectivity index (χ2n) is 5.22. The third-order valence-electron chi connectivity index (χ3n) is 3.25. The van der Waals surface area contributed by atoms with Crippen molar-refractivity contribution in [3.8, 4) is 0 Å². The summed E-state index contributed by atoms with van der Waals surface area (Å²) in [6.07, 6.45) is -0.601. The van der Waals surface area contributed by atoms with Crippen LogP contribution < -0.4 is 5.43 Å². The van der Waals surface area contributed by atoms with Gasteiger partial charge in [0.15, 0.2) is 5.84 Å². The first-order valence-electron chi connectivity index (χ1n) is 7.89. The third-order valence-corrected chi connectivity index (χ3v) is 3.25. The van der Waals surface area contributed by atoms with Gasteiger partial charge in [0.05, 0.1) is 0 Å². The van der Waals surface area contributed by atoms with Crippen LogP contribution in [0.3, 0.4) is 0 Å². The minimum absolute atomic E-state index is 0.199. The van der Waals surface area contributed by atoms with E-state index in [1.165, 1.54) is 0 Å². The van der Waals surface area contributed by atoms with Crippen LogP contribution in [0.25, 0.3) is 0 Å². The Bertz CT molecular complexity index is 440. The van der Waals surface area contributed by atoms with E-state index in [0.29, 0.717) is 11.8 Å². The number of guanidine groups is 1. The molecule has 1 heterocycles. The quantitative estimate of drug-likeness (QED) is 0.366. The van der Waals surface area contributed by atoms with Crippen LogP contribution in [0.15, 0.2) is 9.98 Å². The van der Waals surface area contributed by atoms with Crippen molar-refractivity contribution in [2.45, 2.75) is 6.29 Å². The van der Waals surface area contributed by atoms with E-state index in [-0.39, 0.29) is 40.3 Å². The van der Waals surface area contributed by atoms with Crippen LogP contribution in [-0.4, -0.2) is 114 Å². The first-order valence-corrected chi connectivity index (χ1v) is 7.89. The van der Waals surface area contributed by atoms with Gasteiger partial charge in [-0.2, -0.15) is 4.99 Å². The van der Waals surface area contributed by atoms with Gasteiger partial charge in [-0.15, -0.1) is 0 Å². The number of ether oxygens (including phenoxy) is 5. The maximum atomic E-state index is 9.38. The number of hydrogen-bond acceptors (Lipinski definition) is 12. The first-order chi connectivity index (χ1) is 12.7. The van der Waals surface area contributed by atoms with E-state index < -0.39 is 6.29 Å². The number of rotatable bonds is 13. The third kappa shape index (κ3) is 6.41. The van der Waals surface area contributed by atoms with Gasteiger partial charge in [0, 0.05) is 35.5 Å². The van der Waals surface area contributed by atoms with E-state index in [4.69, 9.17) is 23.7 Å². The van der Waals surface area contributed by atoms with Crippen LogP contribution in [0.4, 0.5) is 0 Å². The SMILES string of the molecule is COCC1=NC(N(COC)COC)=NC(N(COC)COC)N1NCO. The normalized spacial score (nSPS) is 17.5. The van der Waals surface area contributed by atoms with Gasteiger partial charge in [-0.05, 0) is 0 Å². The van der Waals surface area contributed by atoms with Crippen LogP contribution >= 0.6 is 0 Å². The highest BCUT2D eigenvalue weighted by atomic mass is 16.5. The predicted molar refractivity (Wildman–Crippen MR) is 93.8 cm³/mol. The Morgan fingerprint density at radius 3 is 2.00 bits per heavy atom. The molecule has 12 nitrogen and oxygen atoms in total. The molecule has 0 saturated carbocycles. The molecule has 152 valence electrons. The summed E-state index contributed by atoms with van der Waals surface area (Å²) in [5.41, 5.74) is 2.83. The smallest absolute Gasteiger partial charge is 0.229 e. The van der Waals surface area contributed by atoms with Crippen molar-refractivity contribution in [3.63, 3.8) is 0 Å². The summed E-state index contributed by atoms with van der Waals surface area (Å²) >= 11 is 0. The summed E-state index contributed by atoms with van der Waals surface area (Å²) in [7, 11) is 7.86. The van der Waals surface area contributed by atoms with E-state index >= 15 is 0 Å². The van der Waals surface area contributed by atoms with Crippen LogP contribution in [-0.2, 0) is 23.7 Å². The lowest BCUT2D eigenvalue weighted by Crippen LogP contribution is -2.60. The minimum atomic E-state index is -0.601. The molecule has 0 amide bonds. The highest BCUT2D eigenvalue weighted by Gasteiger charge is 2.33. The van der Waals surface area contributed by atoms with Gasteiger partial charge < -0.3 is 28.8 Å². The molecule has 12 heteroatoms. The summed E-state index contributed by atoms with van der Waals surface area (Å²) < 4.78 is 26.1. The van der Waals surface area contributed by atoms with Crippen LogP contribution in [0, 0.1) is 0 Å². The molecule has 0 aromatic heterocycles. The number of nitrogens with one attached hydrogen (secondary N) is 1. The second kappa shape index (κ2) is 12.9. The Labute approximate surface area is 153 Å². The fraction of sp³-hybridized carbons (Fsp3) is 0.857. The van der Waals surface area contributed by atoms with Crippen molar-refractivity contribution in [2.75, 3.05) is 75.8 Å². The van der Waals surface area contributed by atoms with Crippen LogP contribution in [0.2, 0.25) is 0 Å². The molecule has 0 saturated heterocycles. The fourth-order valence-electron chi connectivity index (χ4n) is 2.34. The molecule has 0 spiro atoms. The standard InChI is InChI=1S/C14H30N6O6/c1-22-6-12-16-13(18(8-23-2)9-24-3)17-14(20(12)15-7-21)19(10-25-4)11-26-5/h14-15,21H,6-11H2,1-5H3. The van der Waals surface area contributed by atoms with Crippen molar-refractivity contribution in [1.29, 1.82) is 0 Å². The lowest BCUT2D eigenvalue weighted by Gasteiger charge is -2.40. The van der Waals surface area contributed by atoms with E-state index in [2.05, 4.69) is 15.4 Å². The van der Waals surface area contributed by atoms with Gasteiger partial charge in [-0.1, -0.05) is 0 Å². The van der Waals surface area contributed by atoms with Gasteiger partial charge >= 0.3 is 0 Å². The van der Waals surface area contributed by atoms with Crippen LogP contribution in [0.1, 0.15) is 0 Å². The van der Waals surface area contributed by atoms with E-state index in [1.54, 1.807) is 50.4 Å². The molecule has 0 aliphatic carbocycles. The zero-order valence-electron chi connectivity index (χ0n) is 16.0. The molecule has 0 aromatic carbocycles. The molecule has 1 unspecified atom stereocenters. The number of methoxy groups -OCH3 is 5. The Morgan fingerprint density at radius 2 is 1.54 bits per heavy atom. The summed E-state index contributed by atoms with van der Waals surface area (Å²) in [4.78, 5) is 12.7. The number of amidine groups is 1. The molecule has 26 heavy (non-hydrogen) atoms. The number of aliphatic hydroxyl groups excluding tert-OH is 1. The Hall–Kier alpha value is -1.38. The van der Waals surface area contributed by atoms with E-state index in [1.807, 2.05) is 0 Å². The Kier molecular flexibility index (Phi) is 11.2. The maximum absolute atomic E-state index is 9.38. The molecule has 1 rings (SSSR count). The molecule has 1 atom stereocenters. The average molecular weight is 378 g/mol. The second-order valence-corrected chi connectivity index (χ2v) is 5.22. The highest BCUT2D eigenvalue weighted by molar-refractivity contribution is 5.98. The topological polar surface area (TPSA) is 113 Å². The summed E-state index contributed by atoms with van der Waals surface area (Å²) in [6, 6.07) is 0. The zero-order valence-corrected chi connectivity index (χ0v) is 16.0. The van der Waals surface area contributed by atoms with Crippen molar-refractivity contribution < 1.29 is 28.8 Å². The first kappa shape index (κ1) is 22.7. The Morgan fingerprint density at radius 1 is 0.962 bits per heavy atom. The van der Waals surface area contributed by atoms with Crippen molar-refractivity contribution >= 4 is 11.8 Å². The summed E-state index contributed by atoms with van der Waals surface area (Å²) in [5.74, 6) is 0.921. The fourth-order valence-corrected chi connectivity index (χ4v) is 2.34. The molecule has 1 aliphatic rings. The molecule has 1 aliphatic heterocycles. The van der Waals surface area contributed by atoms with Gasteiger partial charge in [0.1, 0.15) is 40.3 Å². The van der Waals surface area contributed by atoms with Crippen molar-refractivity contribution in [1.82, 2.24) is 20.2 Å². The number of aliphatic imine (C=N–C) groups is 2. The van der Waals surface area contributed by atoms with Gasteiger partial charge in [0.2, 0.25) is 12.2 Å². The number of hydrogen-bond donors (Lipinski definition) is 2. The largest absolute Gasteiger partial charge is 0.380 e. The zero-order chi connectivity index (χ0) is 19.4. The Balaban J connectivity index is 3.26. The summed E-state index contributed by atoms with van der Waals surface area (Å²) in [5, 5.41) is 11.0. The van der Waals surface area contributed by atoms with Crippen molar-refractivity contribution in [3.05, 3.63) is 0 Å². The number of nitrogens with zero attached hydrogens (tertiary/aromatic N) is 5. The number of hydrazine groups is 1. The van der Waals surface area contributed by atoms with Gasteiger partial charge in [-0.25, -0.2) is 15.3 Å². The van der Waals surface area contributed by atoms with Crippen LogP contribution in [0.5, 0.6) is 0 Å². The van der Waals surface area contributed by atoms with Crippen molar-refractivity contribution in [2.24, 2.45) is 9.98 Å². The molecule has 0 bridgehead atoms. The molecule has 0 fully saturated rings. The molecule has 0 aromatic rings. The lowest BCUT2D eigenvalue weighted by molar-refractivity contribution is -0.0830. The average Bonchev–Trinajstić information content (AvgIpc) is 2.63. The maximum Gasteiger partial charge on any atom is 0.229 e. The lowest BCUT2D eigenvalue weighted by atomic mass is 10.4. The summed E-state index contributed by atoms with van der Waals surface area (Å²) in [6.45, 7) is 0.861. The van der Waals surface area contributed by atoms with E-state index in [9.17, 15) is 5.11 Å².